The zero-order valence-corrected chi connectivity index (χ0v) is 16.0. The van der Waals surface area contributed by atoms with Crippen molar-refractivity contribution in [2.45, 2.75) is 24.3 Å². The van der Waals surface area contributed by atoms with Gasteiger partial charge in [0.1, 0.15) is 16.7 Å². The molecule has 0 bridgehead atoms. The highest BCUT2D eigenvalue weighted by molar-refractivity contribution is 7.89. The van der Waals surface area contributed by atoms with Crippen LogP contribution in [0.15, 0.2) is 65.7 Å². The summed E-state index contributed by atoms with van der Waals surface area (Å²) >= 11 is 0. The fourth-order valence-corrected chi connectivity index (χ4v) is 4.19. The van der Waals surface area contributed by atoms with Crippen LogP contribution in [0.3, 0.4) is 0 Å². The largest absolute Gasteiger partial charge is 0.508 e. The third kappa shape index (κ3) is 4.47. The van der Waals surface area contributed by atoms with Gasteiger partial charge >= 0.3 is 5.97 Å². The molecule has 0 aliphatic heterocycles. The Morgan fingerprint density at radius 3 is 2.57 bits per heavy atom. The first-order chi connectivity index (χ1) is 13.4. The maximum absolute atomic E-state index is 13.0. The zero-order chi connectivity index (χ0) is 20.1. The average Bonchev–Trinajstić information content (AvgIpc) is 2.68. The van der Waals surface area contributed by atoms with Crippen molar-refractivity contribution in [3.8, 4) is 5.75 Å². The van der Waals surface area contributed by atoms with E-state index in [9.17, 15) is 18.3 Å². The highest BCUT2D eigenvalue weighted by Gasteiger charge is 2.28. The molecule has 3 rings (SSSR count). The van der Waals surface area contributed by atoms with E-state index in [0.29, 0.717) is 16.5 Å². The van der Waals surface area contributed by atoms with E-state index < -0.39 is 22.0 Å². The number of nitrogens with zero attached hydrogens (tertiary/aromatic N) is 1. The van der Waals surface area contributed by atoms with Crippen LogP contribution in [0.5, 0.6) is 5.75 Å². The molecule has 7 nitrogen and oxygen atoms in total. The lowest BCUT2D eigenvalue weighted by Gasteiger charge is -2.18. The minimum atomic E-state index is -4.04. The van der Waals surface area contributed by atoms with E-state index in [-0.39, 0.29) is 23.7 Å². The topological polar surface area (TPSA) is 106 Å². The molecule has 0 fully saturated rings. The standard InChI is InChI=1S/C20H20N2O5S/c1-2-27-20(24)17(13-14-8-10-16(23)11-9-14)22-28(25,26)18-7-3-5-15-6-4-12-21-19(15)18/h3-12,17,22-23H,2,13H2,1H3. The maximum Gasteiger partial charge on any atom is 0.324 e. The Balaban J connectivity index is 1.94. The Labute approximate surface area is 163 Å². The van der Waals surface area contributed by atoms with E-state index in [1.807, 2.05) is 0 Å². The van der Waals surface area contributed by atoms with Gasteiger partial charge < -0.3 is 9.84 Å². The molecule has 2 aromatic carbocycles. The number of pyridine rings is 1. The lowest BCUT2D eigenvalue weighted by atomic mass is 10.1. The number of esters is 1. The Morgan fingerprint density at radius 1 is 1.14 bits per heavy atom. The molecule has 1 unspecified atom stereocenters. The summed E-state index contributed by atoms with van der Waals surface area (Å²) in [4.78, 5) is 16.5. The molecular formula is C20H20N2O5S. The minimum absolute atomic E-state index is 0.00870. The van der Waals surface area contributed by atoms with Gasteiger partial charge in [-0.2, -0.15) is 4.72 Å². The average molecular weight is 400 g/mol. The molecule has 0 spiro atoms. The van der Waals surface area contributed by atoms with Crippen LogP contribution in [0.4, 0.5) is 0 Å². The zero-order valence-electron chi connectivity index (χ0n) is 15.2. The van der Waals surface area contributed by atoms with Crippen LogP contribution in [0.2, 0.25) is 0 Å². The van der Waals surface area contributed by atoms with Crippen molar-refractivity contribution in [3.63, 3.8) is 0 Å². The van der Waals surface area contributed by atoms with Gasteiger partial charge in [-0.1, -0.05) is 30.3 Å². The Hall–Kier alpha value is -2.97. The number of nitrogens with one attached hydrogen (secondary N) is 1. The molecule has 2 N–H and O–H groups in total. The summed E-state index contributed by atoms with van der Waals surface area (Å²) in [7, 11) is -4.04. The summed E-state index contributed by atoms with van der Waals surface area (Å²) in [6, 6.07) is 13.4. The van der Waals surface area contributed by atoms with Crippen molar-refractivity contribution in [2.24, 2.45) is 0 Å². The quantitative estimate of drug-likeness (QED) is 0.590. The number of carbonyl (C=O) groups excluding carboxylic acids is 1. The smallest absolute Gasteiger partial charge is 0.324 e. The van der Waals surface area contributed by atoms with Crippen LogP contribution >= 0.6 is 0 Å². The molecular weight excluding hydrogens is 380 g/mol. The van der Waals surface area contributed by atoms with E-state index in [1.54, 1.807) is 43.3 Å². The first kappa shape index (κ1) is 19.8. The van der Waals surface area contributed by atoms with Gasteiger partial charge in [0.2, 0.25) is 10.0 Å². The molecule has 1 heterocycles. The summed E-state index contributed by atoms with van der Waals surface area (Å²) in [5, 5.41) is 10.1. The second-order valence-corrected chi connectivity index (χ2v) is 7.81. The van der Waals surface area contributed by atoms with Crippen LogP contribution < -0.4 is 4.72 Å². The summed E-state index contributed by atoms with van der Waals surface area (Å²) in [6.07, 6.45) is 1.59. The molecule has 28 heavy (non-hydrogen) atoms. The number of aromatic hydroxyl groups is 1. The summed E-state index contributed by atoms with van der Waals surface area (Å²) < 4.78 is 33.5. The van der Waals surface area contributed by atoms with Gasteiger partial charge in [0.15, 0.2) is 0 Å². The third-order valence-electron chi connectivity index (χ3n) is 4.13. The number of fused-ring (bicyclic) bond motifs is 1. The lowest BCUT2D eigenvalue weighted by molar-refractivity contribution is -0.145. The number of carbonyl (C=O) groups is 1. The van der Waals surface area contributed by atoms with E-state index in [2.05, 4.69) is 9.71 Å². The third-order valence-corrected chi connectivity index (χ3v) is 5.63. The number of hydrogen-bond acceptors (Lipinski definition) is 6. The normalized spacial score (nSPS) is 12.6. The first-order valence-corrected chi connectivity index (χ1v) is 10.2. The second-order valence-electron chi connectivity index (χ2n) is 6.13. The number of benzene rings is 2. The van der Waals surface area contributed by atoms with Crippen LogP contribution in [-0.2, 0) is 26.0 Å². The number of rotatable bonds is 7. The van der Waals surface area contributed by atoms with Crippen molar-refractivity contribution in [1.82, 2.24) is 9.71 Å². The highest BCUT2D eigenvalue weighted by Crippen LogP contribution is 2.21. The van der Waals surface area contributed by atoms with E-state index >= 15 is 0 Å². The van der Waals surface area contributed by atoms with Crippen LogP contribution in [0.25, 0.3) is 10.9 Å². The first-order valence-electron chi connectivity index (χ1n) is 8.71. The highest BCUT2D eigenvalue weighted by atomic mass is 32.2. The maximum atomic E-state index is 13.0. The number of phenolic OH excluding ortho intramolecular Hbond substituents is 1. The monoisotopic (exact) mass is 400 g/mol. The van der Waals surface area contributed by atoms with Gasteiger partial charge in [-0.3, -0.25) is 9.78 Å². The molecule has 0 aliphatic rings. The SMILES string of the molecule is CCOC(=O)C(Cc1ccc(O)cc1)NS(=O)(=O)c1cccc2cccnc12. The molecule has 0 radical (unpaired) electrons. The minimum Gasteiger partial charge on any atom is -0.508 e. The van der Waals surface area contributed by atoms with Crippen LogP contribution in [-0.4, -0.2) is 37.1 Å². The fraction of sp³-hybridized carbons (Fsp3) is 0.200. The lowest BCUT2D eigenvalue weighted by Crippen LogP contribution is -2.43. The molecule has 0 aliphatic carbocycles. The molecule has 0 saturated heterocycles. The molecule has 146 valence electrons. The Morgan fingerprint density at radius 2 is 1.86 bits per heavy atom. The molecule has 0 amide bonds. The Bertz CT molecular complexity index is 1080. The van der Waals surface area contributed by atoms with Crippen LogP contribution in [0, 0.1) is 0 Å². The second kappa shape index (κ2) is 8.37. The molecule has 1 atom stereocenters. The van der Waals surface area contributed by atoms with Gasteiger partial charge in [-0.15, -0.1) is 0 Å². The van der Waals surface area contributed by atoms with E-state index in [1.165, 1.54) is 24.4 Å². The van der Waals surface area contributed by atoms with Crippen LogP contribution in [0.1, 0.15) is 12.5 Å². The number of para-hydroxylation sites is 1. The molecule has 1 aromatic heterocycles. The summed E-state index contributed by atoms with van der Waals surface area (Å²) in [6.45, 7) is 1.78. The fourth-order valence-electron chi connectivity index (χ4n) is 2.83. The molecule has 0 saturated carbocycles. The number of sulfonamides is 1. The number of phenols is 1. The van der Waals surface area contributed by atoms with E-state index in [4.69, 9.17) is 4.74 Å². The number of aromatic nitrogens is 1. The number of hydrogen-bond donors (Lipinski definition) is 2. The predicted octanol–water partition coefficient (Wildman–Crippen LogP) is 2.39. The van der Waals surface area contributed by atoms with Gasteiger partial charge in [-0.25, -0.2) is 8.42 Å². The summed E-state index contributed by atoms with van der Waals surface area (Å²) in [5.74, 6) is -0.591. The summed E-state index contributed by atoms with van der Waals surface area (Å²) in [5.41, 5.74) is 0.999. The number of ether oxygens (including phenoxy) is 1. The van der Waals surface area contributed by atoms with Crippen molar-refractivity contribution < 1.29 is 23.1 Å². The van der Waals surface area contributed by atoms with Gasteiger partial charge in [0.05, 0.1) is 12.1 Å². The van der Waals surface area contributed by atoms with Gasteiger partial charge in [-0.05, 0) is 43.2 Å². The van der Waals surface area contributed by atoms with Crippen molar-refractivity contribution in [1.29, 1.82) is 0 Å². The molecule has 8 heteroatoms. The molecule has 3 aromatic rings. The van der Waals surface area contributed by atoms with Gasteiger partial charge in [0, 0.05) is 11.6 Å². The Kier molecular flexibility index (Phi) is 5.91. The van der Waals surface area contributed by atoms with Crippen molar-refractivity contribution in [3.05, 3.63) is 66.4 Å². The van der Waals surface area contributed by atoms with Crippen molar-refractivity contribution >= 4 is 26.9 Å². The van der Waals surface area contributed by atoms with Gasteiger partial charge in [0.25, 0.3) is 0 Å². The predicted molar refractivity (Wildman–Crippen MR) is 104 cm³/mol. The van der Waals surface area contributed by atoms with E-state index in [0.717, 1.165) is 0 Å². The van der Waals surface area contributed by atoms with Crippen molar-refractivity contribution in [2.75, 3.05) is 6.61 Å².